The molecular weight excluding hydrogens is 331 g/mol. The molecule has 0 spiro atoms. The number of hydrogen-bond acceptors (Lipinski definition) is 5. The average molecular weight is 347 g/mol. The molecule has 1 saturated heterocycles. The van der Waals surface area contributed by atoms with Gasteiger partial charge in [-0.15, -0.1) is 15.3 Å². The molecule has 1 unspecified atom stereocenters. The maximum Gasteiger partial charge on any atom is 0.178 e. The van der Waals surface area contributed by atoms with Gasteiger partial charge in [-0.3, -0.25) is 0 Å². The second-order valence-corrected chi connectivity index (χ2v) is 6.32. The summed E-state index contributed by atoms with van der Waals surface area (Å²) in [5.74, 6) is 1.15. The molecule has 1 aliphatic heterocycles. The molecule has 0 saturated carbocycles. The van der Waals surface area contributed by atoms with Crippen molar-refractivity contribution in [1.29, 1.82) is 0 Å². The first-order valence-corrected chi connectivity index (χ1v) is 8.13. The lowest BCUT2D eigenvalue weighted by Crippen LogP contribution is -2.26. The molecule has 0 bridgehead atoms. The van der Waals surface area contributed by atoms with Crippen LogP contribution in [0.4, 0.5) is 15.9 Å². The number of benzene rings is 1. The van der Waals surface area contributed by atoms with Crippen LogP contribution in [0.5, 0.6) is 0 Å². The zero-order valence-electron chi connectivity index (χ0n) is 13.1. The minimum atomic E-state index is -0.392. The number of hydrogen-bond donors (Lipinski definition) is 1. The van der Waals surface area contributed by atoms with E-state index in [1.54, 1.807) is 16.6 Å². The van der Waals surface area contributed by atoms with E-state index in [1.165, 1.54) is 6.07 Å². The predicted octanol–water partition coefficient (Wildman–Crippen LogP) is 2.92. The number of fused-ring (bicyclic) bond motifs is 1. The molecule has 0 radical (unpaired) electrons. The number of aromatic nitrogens is 4. The third-order valence-corrected chi connectivity index (χ3v) is 4.52. The van der Waals surface area contributed by atoms with E-state index in [1.807, 2.05) is 19.1 Å². The Balaban J connectivity index is 1.47. The van der Waals surface area contributed by atoms with Gasteiger partial charge in [-0.2, -0.15) is 4.52 Å². The minimum absolute atomic E-state index is 0.152. The average Bonchev–Trinajstić information content (AvgIpc) is 3.18. The number of aryl methyl sites for hydroxylation is 1. The fourth-order valence-corrected chi connectivity index (χ4v) is 3.15. The Hall–Kier alpha value is -2.41. The Kier molecular flexibility index (Phi) is 3.72. The van der Waals surface area contributed by atoms with Crippen molar-refractivity contribution in [3.8, 4) is 0 Å². The lowest BCUT2D eigenvalue weighted by molar-refractivity contribution is 0.628. The first-order chi connectivity index (χ1) is 11.6. The Morgan fingerprint density at radius 2 is 2.12 bits per heavy atom. The monoisotopic (exact) mass is 346 g/mol. The molecule has 1 fully saturated rings. The topological polar surface area (TPSA) is 58.4 Å². The fourth-order valence-electron chi connectivity index (χ4n) is 2.98. The molecule has 0 aliphatic carbocycles. The highest BCUT2D eigenvalue weighted by molar-refractivity contribution is 6.31. The number of halogens is 2. The maximum atomic E-state index is 13.3. The van der Waals surface area contributed by atoms with Crippen molar-refractivity contribution in [2.45, 2.75) is 19.4 Å². The summed E-state index contributed by atoms with van der Waals surface area (Å²) < 4.78 is 15.0. The highest BCUT2D eigenvalue weighted by Crippen LogP contribution is 2.26. The third-order valence-electron chi connectivity index (χ3n) is 4.23. The number of nitrogens with one attached hydrogen (secondary N) is 1. The molecular formula is C16H16ClFN6. The number of nitrogens with zero attached hydrogens (tertiary/aromatic N) is 5. The third kappa shape index (κ3) is 2.75. The summed E-state index contributed by atoms with van der Waals surface area (Å²) in [6, 6.07) is 8.89. The van der Waals surface area contributed by atoms with Crippen molar-refractivity contribution < 1.29 is 4.39 Å². The van der Waals surface area contributed by atoms with Gasteiger partial charge in [0.25, 0.3) is 0 Å². The molecule has 1 atom stereocenters. The predicted molar refractivity (Wildman–Crippen MR) is 91.2 cm³/mol. The van der Waals surface area contributed by atoms with E-state index in [2.05, 4.69) is 25.5 Å². The molecule has 3 heterocycles. The fraction of sp³-hybridized carbons (Fsp3) is 0.312. The molecule has 1 aromatic carbocycles. The molecule has 3 aromatic rings. The summed E-state index contributed by atoms with van der Waals surface area (Å²) >= 11 is 5.88. The van der Waals surface area contributed by atoms with Crippen LogP contribution >= 0.6 is 11.6 Å². The Bertz CT molecular complexity index is 895. The summed E-state index contributed by atoms with van der Waals surface area (Å²) in [5.41, 5.74) is 1.66. The number of anilines is 2. The zero-order chi connectivity index (χ0) is 16.7. The van der Waals surface area contributed by atoms with Crippen molar-refractivity contribution >= 4 is 28.8 Å². The van der Waals surface area contributed by atoms with E-state index >= 15 is 0 Å². The van der Waals surface area contributed by atoms with Crippen molar-refractivity contribution in [3.63, 3.8) is 0 Å². The van der Waals surface area contributed by atoms with Crippen LogP contribution in [-0.2, 0) is 0 Å². The van der Waals surface area contributed by atoms with Crippen LogP contribution < -0.4 is 10.2 Å². The maximum absolute atomic E-state index is 13.3. The molecule has 0 amide bonds. The van der Waals surface area contributed by atoms with Gasteiger partial charge >= 0.3 is 0 Å². The summed E-state index contributed by atoms with van der Waals surface area (Å²) in [6.07, 6.45) is 0.968. The quantitative estimate of drug-likeness (QED) is 0.790. The van der Waals surface area contributed by atoms with Crippen LogP contribution in [0.25, 0.3) is 5.65 Å². The molecule has 1 N–H and O–H groups in total. The van der Waals surface area contributed by atoms with E-state index in [0.717, 1.165) is 42.5 Å². The molecule has 2 aromatic heterocycles. The van der Waals surface area contributed by atoms with Crippen molar-refractivity contribution in [1.82, 2.24) is 19.8 Å². The highest BCUT2D eigenvalue weighted by atomic mass is 35.5. The second kappa shape index (κ2) is 5.90. The van der Waals surface area contributed by atoms with Crippen LogP contribution in [0.1, 0.15) is 12.2 Å². The molecule has 6 nitrogen and oxygen atoms in total. The van der Waals surface area contributed by atoms with Crippen LogP contribution in [0.15, 0.2) is 30.3 Å². The normalized spacial score (nSPS) is 17.6. The van der Waals surface area contributed by atoms with E-state index in [4.69, 9.17) is 11.6 Å². The van der Waals surface area contributed by atoms with Crippen molar-refractivity contribution in [3.05, 3.63) is 47.0 Å². The van der Waals surface area contributed by atoms with Crippen LogP contribution in [-0.4, -0.2) is 38.9 Å². The van der Waals surface area contributed by atoms with Crippen LogP contribution in [0.3, 0.4) is 0 Å². The molecule has 124 valence electrons. The van der Waals surface area contributed by atoms with Gasteiger partial charge in [-0.1, -0.05) is 11.6 Å². The summed E-state index contributed by atoms with van der Waals surface area (Å²) in [4.78, 5) is 2.19. The van der Waals surface area contributed by atoms with Crippen molar-refractivity contribution in [2.24, 2.45) is 0 Å². The Morgan fingerprint density at radius 1 is 1.25 bits per heavy atom. The van der Waals surface area contributed by atoms with Gasteiger partial charge in [0.15, 0.2) is 11.5 Å². The Morgan fingerprint density at radius 3 is 2.96 bits per heavy atom. The summed E-state index contributed by atoms with van der Waals surface area (Å²) in [6.45, 7) is 3.56. The van der Waals surface area contributed by atoms with E-state index < -0.39 is 5.82 Å². The van der Waals surface area contributed by atoms with Gasteiger partial charge in [0.2, 0.25) is 0 Å². The van der Waals surface area contributed by atoms with Crippen LogP contribution in [0, 0.1) is 12.7 Å². The lowest BCUT2D eigenvalue weighted by atomic mass is 10.2. The van der Waals surface area contributed by atoms with Gasteiger partial charge < -0.3 is 10.2 Å². The van der Waals surface area contributed by atoms with Gasteiger partial charge in [0.1, 0.15) is 11.6 Å². The van der Waals surface area contributed by atoms with Crippen molar-refractivity contribution in [2.75, 3.05) is 23.3 Å². The lowest BCUT2D eigenvalue weighted by Gasteiger charge is -2.19. The van der Waals surface area contributed by atoms with Gasteiger partial charge in [-0.25, -0.2) is 4.39 Å². The molecule has 24 heavy (non-hydrogen) atoms. The summed E-state index contributed by atoms with van der Waals surface area (Å²) in [5, 5.41) is 16.1. The van der Waals surface area contributed by atoms with Crippen LogP contribution in [0.2, 0.25) is 5.02 Å². The van der Waals surface area contributed by atoms with E-state index in [9.17, 15) is 4.39 Å². The SMILES string of the molecule is Cc1nnc2ccc(NC3CCN(c4ccc(F)c(Cl)c4)C3)nn12. The van der Waals surface area contributed by atoms with E-state index in [0.29, 0.717) is 0 Å². The molecule has 1 aliphatic rings. The highest BCUT2D eigenvalue weighted by Gasteiger charge is 2.23. The molecule has 4 rings (SSSR count). The van der Waals surface area contributed by atoms with Gasteiger partial charge in [0, 0.05) is 24.8 Å². The first-order valence-electron chi connectivity index (χ1n) is 7.76. The molecule has 8 heteroatoms. The standard InChI is InChI=1S/C16H16ClFN6/c1-10-20-21-16-5-4-15(22-24(10)16)19-11-6-7-23(9-11)12-2-3-14(18)13(17)8-12/h2-5,8,11H,6-7,9H2,1H3,(H,19,22). The van der Waals surface area contributed by atoms with Gasteiger partial charge in [-0.05, 0) is 43.7 Å². The summed E-state index contributed by atoms with van der Waals surface area (Å²) in [7, 11) is 0. The largest absolute Gasteiger partial charge is 0.369 e. The minimum Gasteiger partial charge on any atom is -0.369 e. The van der Waals surface area contributed by atoms with E-state index in [-0.39, 0.29) is 11.1 Å². The zero-order valence-corrected chi connectivity index (χ0v) is 13.8. The Labute approximate surface area is 143 Å². The number of rotatable bonds is 3. The first kappa shape index (κ1) is 15.1. The van der Waals surface area contributed by atoms with Gasteiger partial charge in [0.05, 0.1) is 5.02 Å². The smallest absolute Gasteiger partial charge is 0.178 e. The second-order valence-electron chi connectivity index (χ2n) is 5.91.